The SMILES string of the molecule is CCCC(C)(C)NC(=O)N[C@H](CCSC)C(=O)O. The van der Waals surface area contributed by atoms with Crippen molar-refractivity contribution in [3.63, 3.8) is 0 Å². The van der Waals surface area contributed by atoms with Gasteiger partial charge in [0.2, 0.25) is 0 Å². The Morgan fingerprint density at radius 3 is 2.44 bits per heavy atom. The van der Waals surface area contributed by atoms with Crippen molar-refractivity contribution in [2.75, 3.05) is 12.0 Å². The Morgan fingerprint density at radius 2 is 2.00 bits per heavy atom. The number of aliphatic carboxylic acids is 1. The van der Waals surface area contributed by atoms with E-state index >= 15 is 0 Å². The van der Waals surface area contributed by atoms with E-state index in [2.05, 4.69) is 10.6 Å². The van der Waals surface area contributed by atoms with Crippen molar-refractivity contribution in [1.29, 1.82) is 0 Å². The Morgan fingerprint density at radius 1 is 1.39 bits per heavy atom. The first kappa shape index (κ1) is 17.1. The van der Waals surface area contributed by atoms with Crippen LogP contribution in [-0.4, -0.2) is 40.7 Å². The van der Waals surface area contributed by atoms with Crippen molar-refractivity contribution >= 4 is 23.8 Å². The molecule has 0 rings (SSSR count). The summed E-state index contributed by atoms with van der Waals surface area (Å²) in [6, 6.07) is -1.24. The summed E-state index contributed by atoms with van der Waals surface area (Å²) < 4.78 is 0. The van der Waals surface area contributed by atoms with Gasteiger partial charge in [0.25, 0.3) is 0 Å². The molecule has 3 N–H and O–H groups in total. The molecule has 0 saturated heterocycles. The summed E-state index contributed by atoms with van der Waals surface area (Å²) >= 11 is 1.56. The number of carboxylic acid groups (broad SMARTS) is 1. The van der Waals surface area contributed by atoms with Gasteiger partial charge < -0.3 is 15.7 Å². The van der Waals surface area contributed by atoms with Crippen molar-refractivity contribution in [1.82, 2.24) is 10.6 Å². The summed E-state index contributed by atoms with van der Waals surface area (Å²) in [5, 5.41) is 14.3. The highest BCUT2D eigenvalue weighted by atomic mass is 32.2. The molecule has 1 atom stereocenters. The lowest BCUT2D eigenvalue weighted by atomic mass is 9.99. The summed E-state index contributed by atoms with van der Waals surface area (Å²) in [7, 11) is 0. The Hall–Kier alpha value is -0.910. The summed E-state index contributed by atoms with van der Waals surface area (Å²) in [6.07, 6.45) is 4.15. The molecule has 6 heteroatoms. The maximum absolute atomic E-state index is 11.7. The third-order valence-corrected chi connectivity index (χ3v) is 3.18. The van der Waals surface area contributed by atoms with Crippen LogP contribution in [0.25, 0.3) is 0 Å². The lowest BCUT2D eigenvalue weighted by Crippen LogP contribution is -2.52. The van der Waals surface area contributed by atoms with Crippen molar-refractivity contribution < 1.29 is 14.7 Å². The van der Waals surface area contributed by atoms with E-state index in [1.807, 2.05) is 27.0 Å². The minimum atomic E-state index is -0.993. The first-order valence-corrected chi connectivity index (χ1v) is 7.52. The van der Waals surface area contributed by atoms with Gasteiger partial charge in [-0.2, -0.15) is 11.8 Å². The van der Waals surface area contributed by atoms with Gasteiger partial charge in [0.15, 0.2) is 0 Å². The van der Waals surface area contributed by atoms with Crippen LogP contribution in [0, 0.1) is 0 Å². The number of amides is 2. The second-order valence-electron chi connectivity index (χ2n) is 4.90. The average Bonchev–Trinajstić information content (AvgIpc) is 2.22. The fourth-order valence-electron chi connectivity index (χ4n) is 1.68. The quantitative estimate of drug-likeness (QED) is 0.634. The molecule has 0 heterocycles. The van der Waals surface area contributed by atoms with Crippen LogP contribution in [0.5, 0.6) is 0 Å². The average molecular weight is 276 g/mol. The van der Waals surface area contributed by atoms with Crippen LogP contribution in [0.2, 0.25) is 0 Å². The van der Waals surface area contributed by atoms with Gasteiger partial charge >= 0.3 is 12.0 Å². The van der Waals surface area contributed by atoms with E-state index in [0.717, 1.165) is 12.8 Å². The minimum Gasteiger partial charge on any atom is -0.480 e. The van der Waals surface area contributed by atoms with Gasteiger partial charge in [0, 0.05) is 5.54 Å². The normalized spacial score (nSPS) is 12.9. The van der Waals surface area contributed by atoms with Gasteiger partial charge in [-0.15, -0.1) is 0 Å². The van der Waals surface area contributed by atoms with Gasteiger partial charge in [-0.3, -0.25) is 0 Å². The largest absolute Gasteiger partial charge is 0.480 e. The zero-order valence-electron chi connectivity index (χ0n) is 11.6. The van der Waals surface area contributed by atoms with Crippen LogP contribution in [-0.2, 0) is 4.79 Å². The number of urea groups is 1. The smallest absolute Gasteiger partial charge is 0.326 e. The summed E-state index contributed by atoms with van der Waals surface area (Å²) in [6.45, 7) is 5.89. The van der Waals surface area contributed by atoms with Gasteiger partial charge in [-0.1, -0.05) is 13.3 Å². The molecule has 0 aliphatic carbocycles. The predicted octanol–water partition coefficient (Wildman–Crippen LogP) is 2.07. The van der Waals surface area contributed by atoms with Gasteiger partial charge in [0.05, 0.1) is 0 Å². The van der Waals surface area contributed by atoms with Crippen LogP contribution in [0.15, 0.2) is 0 Å². The zero-order valence-corrected chi connectivity index (χ0v) is 12.4. The van der Waals surface area contributed by atoms with E-state index in [-0.39, 0.29) is 5.54 Å². The minimum absolute atomic E-state index is 0.318. The van der Waals surface area contributed by atoms with Gasteiger partial charge in [0.1, 0.15) is 6.04 Å². The second kappa shape index (κ2) is 8.24. The molecule has 0 aromatic heterocycles. The summed E-state index contributed by atoms with van der Waals surface area (Å²) in [5.74, 6) is -0.289. The molecule has 2 amide bonds. The van der Waals surface area contributed by atoms with E-state index in [9.17, 15) is 9.59 Å². The molecule has 0 aliphatic rings. The van der Waals surface area contributed by atoms with Crippen molar-refractivity contribution in [3.05, 3.63) is 0 Å². The third kappa shape index (κ3) is 7.42. The Kier molecular flexibility index (Phi) is 7.82. The first-order chi connectivity index (χ1) is 8.32. The number of carbonyl (C=O) groups is 2. The monoisotopic (exact) mass is 276 g/mol. The first-order valence-electron chi connectivity index (χ1n) is 6.13. The summed E-state index contributed by atoms with van der Waals surface area (Å²) in [5.41, 5.74) is -0.318. The molecular weight excluding hydrogens is 252 g/mol. The highest BCUT2D eigenvalue weighted by Gasteiger charge is 2.23. The van der Waals surface area contributed by atoms with E-state index < -0.39 is 18.0 Å². The van der Waals surface area contributed by atoms with Crippen molar-refractivity contribution in [3.8, 4) is 0 Å². The highest BCUT2D eigenvalue weighted by molar-refractivity contribution is 7.98. The fourth-order valence-corrected chi connectivity index (χ4v) is 2.15. The number of hydrogen-bond acceptors (Lipinski definition) is 3. The lowest BCUT2D eigenvalue weighted by Gasteiger charge is -2.27. The van der Waals surface area contributed by atoms with Gasteiger partial charge in [-0.05, 0) is 38.7 Å². The molecule has 106 valence electrons. The number of thioether (sulfide) groups is 1. The number of hydrogen-bond donors (Lipinski definition) is 3. The molecule has 0 bridgehead atoms. The molecule has 0 aromatic rings. The fraction of sp³-hybridized carbons (Fsp3) is 0.833. The van der Waals surface area contributed by atoms with Gasteiger partial charge in [-0.25, -0.2) is 9.59 Å². The number of carbonyl (C=O) groups excluding carboxylic acids is 1. The molecular formula is C12H24N2O3S. The zero-order chi connectivity index (χ0) is 14.2. The Balaban J connectivity index is 4.29. The standard InChI is InChI=1S/C12H24N2O3S/c1-5-7-12(2,3)14-11(17)13-9(10(15)16)6-8-18-4/h9H,5-8H2,1-4H3,(H,15,16)(H2,13,14,17)/t9-/m1/s1. The van der Waals surface area contributed by atoms with E-state index in [1.54, 1.807) is 11.8 Å². The van der Waals surface area contributed by atoms with E-state index in [1.165, 1.54) is 0 Å². The van der Waals surface area contributed by atoms with Crippen LogP contribution in [0.3, 0.4) is 0 Å². The summed E-state index contributed by atoms with van der Waals surface area (Å²) in [4.78, 5) is 22.7. The van der Waals surface area contributed by atoms with Crippen LogP contribution in [0.4, 0.5) is 4.79 Å². The van der Waals surface area contributed by atoms with E-state index in [4.69, 9.17) is 5.11 Å². The second-order valence-corrected chi connectivity index (χ2v) is 5.89. The third-order valence-electron chi connectivity index (χ3n) is 2.54. The van der Waals surface area contributed by atoms with Crippen molar-refractivity contribution in [2.24, 2.45) is 0 Å². The number of carboxylic acids is 1. The van der Waals surface area contributed by atoms with Crippen LogP contribution < -0.4 is 10.6 Å². The molecule has 5 nitrogen and oxygen atoms in total. The molecule has 0 aliphatic heterocycles. The Labute approximate surface area is 113 Å². The van der Waals surface area contributed by atoms with Crippen LogP contribution in [0.1, 0.15) is 40.0 Å². The van der Waals surface area contributed by atoms with Crippen LogP contribution >= 0.6 is 11.8 Å². The molecule has 0 unspecified atom stereocenters. The molecule has 0 radical (unpaired) electrons. The number of nitrogens with one attached hydrogen (secondary N) is 2. The molecule has 0 fully saturated rings. The highest BCUT2D eigenvalue weighted by Crippen LogP contribution is 2.10. The van der Waals surface area contributed by atoms with E-state index in [0.29, 0.717) is 12.2 Å². The molecule has 0 aromatic carbocycles. The molecule has 0 saturated carbocycles. The lowest BCUT2D eigenvalue weighted by molar-refractivity contribution is -0.139. The molecule has 0 spiro atoms. The van der Waals surface area contributed by atoms with Crippen molar-refractivity contribution in [2.45, 2.75) is 51.6 Å². The predicted molar refractivity (Wildman–Crippen MR) is 75.1 cm³/mol. The maximum Gasteiger partial charge on any atom is 0.326 e. The number of rotatable bonds is 8. The molecule has 18 heavy (non-hydrogen) atoms. The Bertz CT molecular complexity index is 282. The topological polar surface area (TPSA) is 78.4 Å². The maximum atomic E-state index is 11.7.